The molecule has 0 aliphatic carbocycles. The van der Waals surface area contributed by atoms with Crippen LogP contribution in [-0.2, 0) is 11.0 Å². The molecule has 192 valence electrons. The van der Waals surface area contributed by atoms with Crippen LogP contribution < -0.4 is 15.4 Å². The number of nitrogens with zero attached hydrogens (tertiary/aromatic N) is 3. The number of carbonyl (C=O) groups excluding carboxylic acids is 2. The van der Waals surface area contributed by atoms with Gasteiger partial charge < -0.3 is 15.4 Å². The molecule has 0 fully saturated rings. The fraction of sp³-hybridized carbons (Fsp3) is 0.167. The van der Waals surface area contributed by atoms with Gasteiger partial charge in [0.05, 0.1) is 11.1 Å². The van der Waals surface area contributed by atoms with E-state index >= 15 is 0 Å². The molecular formula is C24H18BrF4N5O3. The summed E-state index contributed by atoms with van der Waals surface area (Å²) in [4.78, 5) is 32.6. The molecule has 0 unspecified atom stereocenters. The largest absolute Gasteiger partial charge is 0.439 e. The number of aromatic nitrogens is 3. The second-order valence-electron chi connectivity index (χ2n) is 7.71. The predicted octanol–water partition coefficient (Wildman–Crippen LogP) is 6.58. The molecule has 4 rings (SSSR count). The Morgan fingerprint density at radius 2 is 1.84 bits per heavy atom. The molecule has 0 saturated heterocycles. The fourth-order valence-electron chi connectivity index (χ4n) is 3.38. The van der Waals surface area contributed by atoms with E-state index in [1.54, 1.807) is 24.3 Å². The zero-order valence-corrected chi connectivity index (χ0v) is 20.4. The number of alkyl halides is 4. The van der Waals surface area contributed by atoms with Crippen molar-refractivity contribution in [2.45, 2.75) is 19.0 Å². The van der Waals surface area contributed by atoms with Crippen molar-refractivity contribution in [2.75, 3.05) is 16.0 Å². The van der Waals surface area contributed by atoms with E-state index in [9.17, 15) is 27.2 Å². The normalized spacial score (nSPS) is 11.4. The van der Waals surface area contributed by atoms with Crippen LogP contribution >= 0.6 is 15.9 Å². The van der Waals surface area contributed by atoms with E-state index in [-0.39, 0.29) is 23.3 Å². The molecule has 37 heavy (non-hydrogen) atoms. The zero-order valence-electron chi connectivity index (χ0n) is 18.9. The number of hydrogen-bond acceptors (Lipinski definition) is 5. The maximum atomic E-state index is 13.5. The third-order valence-electron chi connectivity index (χ3n) is 5.07. The molecule has 0 spiro atoms. The minimum absolute atomic E-state index is 0.180. The number of rotatable bonds is 7. The average molecular weight is 580 g/mol. The second kappa shape index (κ2) is 10.9. The summed E-state index contributed by atoms with van der Waals surface area (Å²) in [5.74, 6) is -0.783. The molecule has 13 heteroatoms. The smallest absolute Gasteiger partial charge is 0.419 e. The number of nitrogens with one attached hydrogen (secondary N) is 2. The van der Waals surface area contributed by atoms with Crippen molar-refractivity contribution in [3.8, 4) is 11.6 Å². The number of halogens is 5. The summed E-state index contributed by atoms with van der Waals surface area (Å²) in [7, 11) is 0. The van der Waals surface area contributed by atoms with Gasteiger partial charge in [-0.3, -0.25) is 9.36 Å². The summed E-state index contributed by atoms with van der Waals surface area (Å²) in [6.07, 6.45) is -1.21. The van der Waals surface area contributed by atoms with E-state index in [2.05, 4.69) is 36.5 Å². The van der Waals surface area contributed by atoms with Crippen LogP contribution in [0.2, 0.25) is 0 Å². The lowest BCUT2D eigenvalue weighted by Gasteiger charge is -2.12. The molecule has 2 aromatic carbocycles. The molecule has 4 aromatic rings. The van der Waals surface area contributed by atoms with Crippen LogP contribution in [0, 0.1) is 5.82 Å². The van der Waals surface area contributed by atoms with Crippen LogP contribution in [-0.4, -0.2) is 31.8 Å². The van der Waals surface area contributed by atoms with Crippen molar-refractivity contribution in [2.24, 2.45) is 0 Å². The van der Waals surface area contributed by atoms with Gasteiger partial charge in [-0.15, -0.1) is 0 Å². The first-order valence-electron chi connectivity index (χ1n) is 10.8. The van der Waals surface area contributed by atoms with Crippen LogP contribution in [0.15, 0.2) is 61.1 Å². The SMILES string of the molecule is O=C(CCCBr)Nc1cc(Oc2ccc3c(ccn3C(=O)Nc3ccc(F)c(C(F)(F)F)c3)c2)ncn1. The van der Waals surface area contributed by atoms with Gasteiger partial charge in [0.15, 0.2) is 0 Å². The quantitative estimate of drug-likeness (QED) is 0.190. The van der Waals surface area contributed by atoms with Gasteiger partial charge in [-0.05, 0) is 48.9 Å². The number of amides is 2. The van der Waals surface area contributed by atoms with E-state index in [4.69, 9.17) is 4.74 Å². The number of hydrogen-bond donors (Lipinski definition) is 2. The van der Waals surface area contributed by atoms with Crippen molar-refractivity contribution in [3.05, 3.63) is 72.4 Å². The Labute approximate surface area is 215 Å². The molecule has 8 nitrogen and oxygen atoms in total. The summed E-state index contributed by atoms with van der Waals surface area (Å²) in [6, 6.07) is 9.35. The van der Waals surface area contributed by atoms with Gasteiger partial charge in [0.25, 0.3) is 0 Å². The van der Waals surface area contributed by atoms with Crippen molar-refractivity contribution in [1.82, 2.24) is 14.5 Å². The summed E-state index contributed by atoms with van der Waals surface area (Å²) >= 11 is 3.27. The summed E-state index contributed by atoms with van der Waals surface area (Å²) in [6.45, 7) is 0. The maximum Gasteiger partial charge on any atom is 0.419 e. The standard InChI is InChI=1S/C24H18BrF4N5O3/c25-8-1-2-21(35)33-20-12-22(31-13-30-20)37-16-4-6-19-14(10-16)7-9-34(19)23(36)32-15-3-5-18(26)17(11-15)24(27,28)29/h3-7,9-13H,1-2,8H2,(H,32,36)(H,30,31,33,35). The van der Waals surface area contributed by atoms with Gasteiger partial charge in [0, 0.05) is 35.1 Å². The Morgan fingerprint density at radius 3 is 2.59 bits per heavy atom. The zero-order chi connectivity index (χ0) is 26.6. The third kappa shape index (κ3) is 6.42. The van der Waals surface area contributed by atoms with Crippen LogP contribution in [0.4, 0.5) is 33.9 Å². The predicted molar refractivity (Wildman–Crippen MR) is 132 cm³/mol. The number of anilines is 2. The Bertz CT molecular complexity index is 1460. The fourth-order valence-corrected chi connectivity index (χ4v) is 3.66. The Kier molecular flexibility index (Phi) is 7.71. The van der Waals surface area contributed by atoms with Crippen molar-refractivity contribution < 1.29 is 31.9 Å². The first kappa shape index (κ1) is 26.1. The first-order chi connectivity index (χ1) is 17.6. The molecular weight excluding hydrogens is 562 g/mol. The molecule has 2 aromatic heterocycles. The molecule has 2 N–H and O–H groups in total. The second-order valence-corrected chi connectivity index (χ2v) is 8.51. The number of carbonyl (C=O) groups is 2. The Hall–Kier alpha value is -4.00. The molecule has 0 saturated carbocycles. The van der Waals surface area contributed by atoms with Crippen molar-refractivity contribution >= 4 is 50.3 Å². The monoisotopic (exact) mass is 579 g/mol. The summed E-state index contributed by atoms with van der Waals surface area (Å²) in [5, 5.41) is 6.30. The van der Waals surface area contributed by atoms with Crippen molar-refractivity contribution in [1.29, 1.82) is 0 Å². The van der Waals surface area contributed by atoms with Crippen LogP contribution in [0.3, 0.4) is 0 Å². The highest BCUT2D eigenvalue weighted by atomic mass is 79.9. The number of ether oxygens (including phenoxy) is 1. The lowest BCUT2D eigenvalue weighted by atomic mass is 10.2. The average Bonchev–Trinajstić information content (AvgIpc) is 3.27. The first-order valence-corrected chi connectivity index (χ1v) is 11.9. The molecule has 0 aliphatic heterocycles. The Morgan fingerprint density at radius 1 is 1.03 bits per heavy atom. The highest BCUT2D eigenvalue weighted by Gasteiger charge is 2.34. The highest BCUT2D eigenvalue weighted by molar-refractivity contribution is 9.09. The minimum Gasteiger partial charge on any atom is -0.439 e. The van der Waals surface area contributed by atoms with E-state index in [0.717, 1.165) is 6.07 Å². The minimum atomic E-state index is -4.90. The van der Waals surface area contributed by atoms with Crippen LogP contribution in [0.5, 0.6) is 11.6 Å². The summed E-state index contributed by atoms with van der Waals surface area (Å²) in [5.41, 5.74) is -1.24. The topological polar surface area (TPSA) is 98.1 Å². The van der Waals surface area contributed by atoms with Gasteiger partial charge in [-0.2, -0.15) is 13.2 Å². The summed E-state index contributed by atoms with van der Waals surface area (Å²) < 4.78 is 59.4. The van der Waals surface area contributed by atoms with Crippen LogP contribution in [0.25, 0.3) is 10.9 Å². The van der Waals surface area contributed by atoms with E-state index < -0.39 is 23.6 Å². The van der Waals surface area contributed by atoms with Gasteiger partial charge in [-0.1, -0.05) is 15.9 Å². The molecule has 2 heterocycles. The number of fused-ring (bicyclic) bond motifs is 1. The lowest BCUT2D eigenvalue weighted by molar-refractivity contribution is -0.139. The molecule has 2 amide bonds. The van der Waals surface area contributed by atoms with E-state index in [1.807, 2.05) is 0 Å². The maximum absolute atomic E-state index is 13.5. The molecule has 0 aliphatic rings. The van der Waals surface area contributed by atoms with Gasteiger partial charge in [0.2, 0.25) is 11.8 Å². The molecule has 0 radical (unpaired) electrons. The van der Waals surface area contributed by atoms with E-state index in [0.29, 0.717) is 47.0 Å². The van der Waals surface area contributed by atoms with Gasteiger partial charge in [-0.25, -0.2) is 19.2 Å². The molecule has 0 atom stereocenters. The number of benzene rings is 2. The Balaban J connectivity index is 1.48. The molecule has 0 bridgehead atoms. The highest BCUT2D eigenvalue weighted by Crippen LogP contribution is 2.33. The van der Waals surface area contributed by atoms with Crippen molar-refractivity contribution in [3.63, 3.8) is 0 Å². The van der Waals surface area contributed by atoms with Gasteiger partial charge in [0.1, 0.15) is 23.7 Å². The van der Waals surface area contributed by atoms with E-state index in [1.165, 1.54) is 23.2 Å². The third-order valence-corrected chi connectivity index (χ3v) is 5.63. The van der Waals surface area contributed by atoms with Gasteiger partial charge >= 0.3 is 12.2 Å². The van der Waals surface area contributed by atoms with Crippen LogP contribution in [0.1, 0.15) is 18.4 Å². The lowest BCUT2D eigenvalue weighted by Crippen LogP contribution is -2.19.